The van der Waals surface area contributed by atoms with Gasteiger partial charge in [-0.15, -0.1) is 0 Å². The molecule has 0 atom stereocenters. The number of nitrogens with one attached hydrogen (secondary N) is 1. The SMILES string of the molecule is CCCCNCc1ccc(F)cc1Cl. The molecule has 0 fully saturated rings. The molecule has 0 aromatic heterocycles. The Morgan fingerprint density at radius 2 is 2.21 bits per heavy atom. The Morgan fingerprint density at radius 1 is 1.43 bits per heavy atom. The number of hydrogen-bond donors (Lipinski definition) is 1. The molecule has 1 rings (SSSR count). The summed E-state index contributed by atoms with van der Waals surface area (Å²) in [4.78, 5) is 0. The van der Waals surface area contributed by atoms with Gasteiger partial charge in [-0.25, -0.2) is 4.39 Å². The molecule has 0 bridgehead atoms. The minimum Gasteiger partial charge on any atom is -0.313 e. The molecule has 0 aliphatic heterocycles. The first kappa shape index (κ1) is 11.5. The molecule has 0 spiro atoms. The van der Waals surface area contributed by atoms with Crippen LogP contribution in [0.1, 0.15) is 25.3 Å². The first-order chi connectivity index (χ1) is 6.74. The lowest BCUT2D eigenvalue weighted by atomic mass is 10.2. The largest absolute Gasteiger partial charge is 0.313 e. The molecule has 0 heterocycles. The molecule has 0 aliphatic rings. The summed E-state index contributed by atoms with van der Waals surface area (Å²) in [5, 5.41) is 3.75. The van der Waals surface area contributed by atoms with E-state index in [2.05, 4.69) is 12.2 Å². The normalized spacial score (nSPS) is 10.5. The predicted molar refractivity (Wildman–Crippen MR) is 58.0 cm³/mol. The van der Waals surface area contributed by atoms with Crippen LogP contribution in [0.3, 0.4) is 0 Å². The third kappa shape index (κ3) is 3.64. The van der Waals surface area contributed by atoms with Gasteiger partial charge in [0.2, 0.25) is 0 Å². The lowest BCUT2D eigenvalue weighted by Crippen LogP contribution is -2.14. The van der Waals surface area contributed by atoms with Crippen molar-refractivity contribution in [1.29, 1.82) is 0 Å². The molecule has 0 amide bonds. The van der Waals surface area contributed by atoms with Gasteiger partial charge in [-0.1, -0.05) is 31.0 Å². The Balaban J connectivity index is 2.42. The Morgan fingerprint density at radius 3 is 2.86 bits per heavy atom. The zero-order valence-corrected chi connectivity index (χ0v) is 9.07. The molecule has 1 aromatic carbocycles. The molecular weight excluding hydrogens is 201 g/mol. The smallest absolute Gasteiger partial charge is 0.124 e. The van der Waals surface area contributed by atoms with E-state index in [1.807, 2.05) is 0 Å². The van der Waals surface area contributed by atoms with Crippen LogP contribution >= 0.6 is 11.6 Å². The third-order valence-electron chi connectivity index (χ3n) is 2.04. The fourth-order valence-corrected chi connectivity index (χ4v) is 1.42. The molecule has 3 heteroatoms. The maximum Gasteiger partial charge on any atom is 0.124 e. The van der Waals surface area contributed by atoms with Crippen LogP contribution in [-0.2, 0) is 6.54 Å². The van der Waals surface area contributed by atoms with E-state index in [9.17, 15) is 4.39 Å². The highest BCUT2D eigenvalue weighted by molar-refractivity contribution is 6.31. The Kier molecular flexibility index (Phi) is 4.91. The van der Waals surface area contributed by atoms with E-state index in [4.69, 9.17) is 11.6 Å². The average molecular weight is 216 g/mol. The highest BCUT2D eigenvalue weighted by atomic mass is 35.5. The number of unbranched alkanes of at least 4 members (excludes halogenated alkanes) is 1. The van der Waals surface area contributed by atoms with E-state index in [1.54, 1.807) is 6.07 Å². The summed E-state index contributed by atoms with van der Waals surface area (Å²) < 4.78 is 12.7. The first-order valence-electron chi connectivity index (χ1n) is 4.88. The van der Waals surface area contributed by atoms with Gasteiger partial charge in [-0.3, -0.25) is 0 Å². The van der Waals surface area contributed by atoms with Gasteiger partial charge in [-0.2, -0.15) is 0 Å². The van der Waals surface area contributed by atoms with Crippen molar-refractivity contribution in [3.05, 3.63) is 34.6 Å². The quantitative estimate of drug-likeness (QED) is 0.743. The third-order valence-corrected chi connectivity index (χ3v) is 2.39. The molecule has 78 valence electrons. The summed E-state index contributed by atoms with van der Waals surface area (Å²) in [6.07, 6.45) is 2.32. The fourth-order valence-electron chi connectivity index (χ4n) is 1.19. The lowest BCUT2D eigenvalue weighted by Gasteiger charge is -2.05. The zero-order valence-electron chi connectivity index (χ0n) is 8.32. The highest BCUT2D eigenvalue weighted by Crippen LogP contribution is 2.16. The minimum absolute atomic E-state index is 0.285. The maximum absolute atomic E-state index is 12.7. The standard InChI is InChI=1S/C11H15ClFN/c1-2-3-6-14-8-9-4-5-10(13)7-11(9)12/h4-5,7,14H,2-3,6,8H2,1H3. The van der Waals surface area contributed by atoms with E-state index in [0.29, 0.717) is 11.6 Å². The topological polar surface area (TPSA) is 12.0 Å². The van der Waals surface area contributed by atoms with Gasteiger partial charge in [-0.05, 0) is 30.7 Å². The summed E-state index contributed by atoms with van der Waals surface area (Å²) in [7, 11) is 0. The molecule has 0 radical (unpaired) electrons. The van der Waals surface area contributed by atoms with E-state index >= 15 is 0 Å². The van der Waals surface area contributed by atoms with Crippen LogP contribution in [-0.4, -0.2) is 6.54 Å². The minimum atomic E-state index is -0.285. The number of halogens is 2. The van der Waals surface area contributed by atoms with Gasteiger partial charge in [0, 0.05) is 11.6 Å². The first-order valence-corrected chi connectivity index (χ1v) is 5.26. The average Bonchev–Trinajstić information content (AvgIpc) is 2.15. The van der Waals surface area contributed by atoms with Crippen molar-refractivity contribution in [2.45, 2.75) is 26.3 Å². The number of benzene rings is 1. The van der Waals surface area contributed by atoms with Crippen LogP contribution in [0.5, 0.6) is 0 Å². The molecule has 1 N–H and O–H groups in total. The maximum atomic E-state index is 12.7. The van der Waals surface area contributed by atoms with E-state index in [0.717, 1.165) is 18.5 Å². The second-order valence-electron chi connectivity index (χ2n) is 3.27. The van der Waals surface area contributed by atoms with Crippen LogP contribution < -0.4 is 5.32 Å². The summed E-state index contributed by atoms with van der Waals surface area (Å²) in [5.41, 5.74) is 0.948. The molecule has 14 heavy (non-hydrogen) atoms. The van der Waals surface area contributed by atoms with Crippen molar-refractivity contribution in [2.24, 2.45) is 0 Å². The van der Waals surface area contributed by atoms with Gasteiger partial charge < -0.3 is 5.32 Å². The monoisotopic (exact) mass is 215 g/mol. The van der Waals surface area contributed by atoms with E-state index in [1.165, 1.54) is 18.6 Å². The fraction of sp³-hybridized carbons (Fsp3) is 0.455. The van der Waals surface area contributed by atoms with Crippen molar-refractivity contribution in [3.8, 4) is 0 Å². The number of rotatable bonds is 5. The molecule has 0 aliphatic carbocycles. The zero-order chi connectivity index (χ0) is 10.4. The van der Waals surface area contributed by atoms with Gasteiger partial charge in [0.05, 0.1) is 0 Å². The Labute approximate surface area is 89.3 Å². The van der Waals surface area contributed by atoms with Gasteiger partial charge in [0.15, 0.2) is 0 Å². The van der Waals surface area contributed by atoms with Crippen LogP contribution in [0.4, 0.5) is 4.39 Å². The molecule has 1 nitrogen and oxygen atoms in total. The van der Waals surface area contributed by atoms with Gasteiger partial charge in [0.1, 0.15) is 5.82 Å². The second kappa shape index (κ2) is 5.99. The number of hydrogen-bond acceptors (Lipinski definition) is 1. The Hall–Kier alpha value is -0.600. The van der Waals surface area contributed by atoms with Crippen molar-refractivity contribution in [1.82, 2.24) is 5.32 Å². The van der Waals surface area contributed by atoms with E-state index in [-0.39, 0.29) is 5.82 Å². The van der Waals surface area contributed by atoms with Crippen molar-refractivity contribution < 1.29 is 4.39 Å². The van der Waals surface area contributed by atoms with E-state index < -0.39 is 0 Å². The second-order valence-corrected chi connectivity index (χ2v) is 3.67. The van der Waals surface area contributed by atoms with Crippen LogP contribution in [0.15, 0.2) is 18.2 Å². The van der Waals surface area contributed by atoms with Crippen LogP contribution in [0.2, 0.25) is 5.02 Å². The highest BCUT2D eigenvalue weighted by Gasteiger charge is 2.00. The Bertz CT molecular complexity index is 289. The van der Waals surface area contributed by atoms with Crippen LogP contribution in [0.25, 0.3) is 0 Å². The molecule has 1 aromatic rings. The van der Waals surface area contributed by atoms with Crippen molar-refractivity contribution in [3.63, 3.8) is 0 Å². The van der Waals surface area contributed by atoms with Crippen molar-refractivity contribution >= 4 is 11.6 Å². The molecular formula is C11H15ClFN. The van der Waals surface area contributed by atoms with Crippen LogP contribution in [0, 0.1) is 5.82 Å². The predicted octanol–water partition coefficient (Wildman–Crippen LogP) is 3.37. The molecule has 0 saturated carbocycles. The van der Waals surface area contributed by atoms with Gasteiger partial charge in [0.25, 0.3) is 0 Å². The van der Waals surface area contributed by atoms with Crippen molar-refractivity contribution in [2.75, 3.05) is 6.54 Å². The summed E-state index contributed by atoms with van der Waals surface area (Å²) in [6.45, 7) is 3.83. The van der Waals surface area contributed by atoms with Gasteiger partial charge >= 0.3 is 0 Å². The summed E-state index contributed by atoms with van der Waals surface area (Å²) in [5.74, 6) is -0.285. The summed E-state index contributed by atoms with van der Waals surface area (Å²) >= 11 is 5.86. The lowest BCUT2D eigenvalue weighted by molar-refractivity contribution is 0.621. The molecule has 0 saturated heterocycles. The molecule has 0 unspecified atom stereocenters. The summed E-state index contributed by atoms with van der Waals surface area (Å²) in [6, 6.07) is 4.50.